The Hall–Kier alpha value is -2.23. The van der Waals surface area contributed by atoms with E-state index in [-0.39, 0.29) is 30.9 Å². The van der Waals surface area contributed by atoms with Crippen LogP contribution in [-0.4, -0.2) is 62.0 Å². The number of benzene rings is 1. The highest BCUT2D eigenvalue weighted by Gasteiger charge is 2.27. The van der Waals surface area contributed by atoms with Gasteiger partial charge in [-0.05, 0) is 13.1 Å². The first-order valence-corrected chi connectivity index (χ1v) is 10.2. The standard InChI is InChI=1S/C19H23N3O5S.ClH/c1-3-21(4-2)5-6-22(18(23)16-11-24-7-8-25-16)19-20-13-9-14-15(27-12-26-14)10-17(13)28-19;/h9-11H,3-8,12H2,1-2H3;1H. The average molecular weight is 442 g/mol. The maximum Gasteiger partial charge on any atom is 0.298 e. The van der Waals surface area contributed by atoms with Gasteiger partial charge in [-0.2, -0.15) is 0 Å². The Kier molecular flexibility index (Phi) is 7.05. The number of aromatic nitrogens is 1. The van der Waals surface area contributed by atoms with Crippen molar-refractivity contribution in [3.05, 3.63) is 24.2 Å². The molecule has 0 fully saturated rings. The Morgan fingerprint density at radius 1 is 1.10 bits per heavy atom. The Balaban J connectivity index is 0.00000240. The number of carbonyl (C=O) groups excluding carboxylic acids is 1. The number of thiazole rings is 1. The Bertz CT molecular complexity index is 858. The summed E-state index contributed by atoms with van der Waals surface area (Å²) in [6, 6.07) is 3.76. The molecule has 3 heterocycles. The van der Waals surface area contributed by atoms with Crippen molar-refractivity contribution in [3.8, 4) is 11.5 Å². The van der Waals surface area contributed by atoms with Crippen molar-refractivity contribution >= 4 is 45.0 Å². The lowest BCUT2D eigenvalue weighted by molar-refractivity contribution is -0.119. The van der Waals surface area contributed by atoms with Gasteiger partial charge in [0.15, 0.2) is 16.6 Å². The normalized spacial score (nSPS) is 14.8. The van der Waals surface area contributed by atoms with Gasteiger partial charge in [0.25, 0.3) is 5.91 Å². The van der Waals surface area contributed by atoms with Crippen LogP contribution in [0.5, 0.6) is 11.5 Å². The highest BCUT2D eigenvalue weighted by Crippen LogP contribution is 2.40. The van der Waals surface area contributed by atoms with Crippen molar-refractivity contribution in [1.29, 1.82) is 0 Å². The molecule has 0 atom stereocenters. The molecular weight excluding hydrogens is 418 g/mol. The Morgan fingerprint density at radius 2 is 1.86 bits per heavy atom. The predicted octanol–water partition coefficient (Wildman–Crippen LogP) is 3.01. The lowest BCUT2D eigenvalue weighted by Crippen LogP contribution is -2.40. The summed E-state index contributed by atoms with van der Waals surface area (Å²) in [5.41, 5.74) is 0.777. The molecule has 1 amide bonds. The molecule has 1 aromatic heterocycles. The second kappa shape index (κ2) is 9.51. The van der Waals surface area contributed by atoms with E-state index in [1.807, 2.05) is 12.1 Å². The average Bonchev–Trinajstić information content (AvgIpc) is 3.35. The minimum absolute atomic E-state index is 0. The Morgan fingerprint density at radius 3 is 2.55 bits per heavy atom. The number of ether oxygens (including phenoxy) is 4. The minimum Gasteiger partial charge on any atom is -0.494 e. The molecule has 0 radical (unpaired) electrons. The van der Waals surface area contributed by atoms with E-state index in [9.17, 15) is 4.79 Å². The summed E-state index contributed by atoms with van der Waals surface area (Å²) >= 11 is 1.45. The molecule has 1 aromatic carbocycles. The maximum atomic E-state index is 13.1. The van der Waals surface area contributed by atoms with Gasteiger partial charge in [-0.1, -0.05) is 25.2 Å². The third-order valence-electron chi connectivity index (χ3n) is 4.74. The molecule has 0 N–H and O–H groups in total. The van der Waals surface area contributed by atoms with Crippen molar-refractivity contribution in [2.75, 3.05) is 51.1 Å². The Labute approximate surface area is 179 Å². The summed E-state index contributed by atoms with van der Waals surface area (Å²) < 4.78 is 22.6. The zero-order valence-electron chi connectivity index (χ0n) is 16.4. The number of nitrogens with zero attached hydrogens (tertiary/aromatic N) is 3. The van der Waals surface area contributed by atoms with Gasteiger partial charge in [-0.25, -0.2) is 4.98 Å². The first-order chi connectivity index (χ1) is 13.7. The quantitative estimate of drug-likeness (QED) is 0.653. The van der Waals surface area contributed by atoms with Crippen LogP contribution in [0.2, 0.25) is 0 Å². The highest BCUT2D eigenvalue weighted by atomic mass is 35.5. The van der Waals surface area contributed by atoms with Crippen LogP contribution in [-0.2, 0) is 14.3 Å². The van der Waals surface area contributed by atoms with Crippen LogP contribution in [0.25, 0.3) is 10.2 Å². The van der Waals surface area contributed by atoms with Crippen molar-refractivity contribution in [2.45, 2.75) is 13.8 Å². The molecule has 29 heavy (non-hydrogen) atoms. The molecule has 0 saturated carbocycles. The smallest absolute Gasteiger partial charge is 0.298 e. The van der Waals surface area contributed by atoms with E-state index in [1.54, 1.807) is 4.90 Å². The molecular formula is C19H24ClN3O5S. The fourth-order valence-electron chi connectivity index (χ4n) is 3.10. The number of rotatable bonds is 7. The van der Waals surface area contributed by atoms with Crippen LogP contribution < -0.4 is 14.4 Å². The van der Waals surface area contributed by atoms with Gasteiger partial charge in [-0.15, -0.1) is 12.4 Å². The minimum atomic E-state index is -0.244. The van der Waals surface area contributed by atoms with E-state index in [1.165, 1.54) is 17.6 Å². The number of hydrogen-bond acceptors (Lipinski definition) is 8. The van der Waals surface area contributed by atoms with E-state index in [4.69, 9.17) is 18.9 Å². The van der Waals surface area contributed by atoms with Gasteiger partial charge in [0, 0.05) is 25.2 Å². The van der Waals surface area contributed by atoms with E-state index in [2.05, 4.69) is 23.7 Å². The van der Waals surface area contributed by atoms with E-state index in [0.717, 1.165) is 29.9 Å². The molecule has 2 aliphatic rings. The SMILES string of the molecule is CCN(CC)CCN(C(=O)C1=COCCO1)c1nc2cc3c(cc2s1)OCO3.Cl. The topological polar surface area (TPSA) is 73.4 Å². The summed E-state index contributed by atoms with van der Waals surface area (Å²) in [4.78, 5) is 21.7. The van der Waals surface area contributed by atoms with Crippen LogP contribution in [0.3, 0.4) is 0 Å². The monoisotopic (exact) mass is 441 g/mol. The molecule has 0 aliphatic carbocycles. The summed E-state index contributed by atoms with van der Waals surface area (Å²) in [6.45, 7) is 8.33. The fraction of sp³-hybridized carbons (Fsp3) is 0.474. The van der Waals surface area contributed by atoms with Gasteiger partial charge < -0.3 is 23.8 Å². The number of fused-ring (bicyclic) bond motifs is 2. The van der Waals surface area contributed by atoms with E-state index in [0.29, 0.717) is 36.4 Å². The van der Waals surface area contributed by atoms with Crippen LogP contribution >= 0.6 is 23.7 Å². The van der Waals surface area contributed by atoms with Gasteiger partial charge in [-0.3, -0.25) is 9.69 Å². The number of anilines is 1. The van der Waals surface area contributed by atoms with Crippen LogP contribution in [0.4, 0.5) is 5.13 Å². The number of hydrogen-bond donors (Lipinski definition) is 0. The maximum absolute atomic E-state index is 13.1. The third kappa shape index (κ3) is 4.52. The molecule has 10 heteroatoms. The molecule has 0 spiro atoms. The van der Waals surface area contributed by atoms with E-state index >= 15 is 0 Å². The van der Waals surface area contributed by atoms with Gasteiger partial charge >= 0.3 is 0 Å². The molecule has 8 nitrogen and oxygen atoms in total. The third-order valence-corrected chi connectivity index (χ3v) is 5.78. The molecule has 0 saturated heterocycles. The number of halogens is 1. The summed E-state index contributed by atoms with van der Waals surface area (Å²) in [5.74, 6) is 1.35. The predicted molar refractivity (Wildman–Crippen MR) is 113 cm³/mol. The van der Waals surface area contributed by atoms with Crippen molar-refractivity contribution in [2.24, 2.45) is 0 Å². The molecule has 0 unspecified atom stereocenters. The van der Waals surface area contributed by atoms with E-state index < -0.39 is 0 Å². The van der Waals surface area contributed by atoms with Crippen molar-refractivity contribution < 1.29 is 23.7 Å². The van der Waals surface area contributed by atoms with Crippen LogP contribution in [0.15, 0.2) is 24.2 Å². The van der Waals surface area contributed by atoms with Crippen molar-refractivity contribution in [1.82, 2.24) is 9.88 Å². The summed E-state index contributed by atoms with van der Waals surface area (Å²) in [7, 11) is 0. The molecule has 2 aliphatic heterocycles. The van der Waals surface area contributed by atoms with Crippen LogP contribution in [0, 0.1) is 0 Å². The first kappa shape index (κ1) is 21.5. The number of likely N-dealkylation sites (N-methyl/N-ethyl adjacent to an activating group) is 1. The van der Waals surface area contributed by atoms with Gasteiger partial charge in [0.1, 0.15) is 19.5 Å². The fourth-order valence-corrected chi connectivity index (χ4v) is 4.10. The molecule has 0 bridgehead atoms. The molecule has 2 aromatic rings. The largest absolute Gasteiger partial charge is 0.494 e. The lowest BCUT2D eigenvalue weighted by atomic mass is 10.3. The first-order valence-electron chi connectivity index (χ1n) is 9.38. The summed E-state index contributed by atoms with van der Waals surface area (Å²) in [6.07, 6.45) is 1.39. The summed E-state index contributed by atoms with van der Waals surface area (Å²) in [5, 5.41) is 0.617. The zero-order valence-corrected chi connectivity index (χ0v) is 18.0. The molecule has 4 rings (SSSR count). The van der Waals surface area contributed by atoms with Gasteiger partial charge in [0.05, 0.1) is 10.2 Å². The number of carbonyl (C=O) groups is 1. The highest BCUT2D eigenvalue weighted by molar-refractivity contribution is 7.22. The van der Waals surface area contributed by atoms with Crippen LogP contribution in [0.1, 0.15) is 13.8 Å². The molecule has 158 valence electrons. The number of amides is 1. The van der Waals surface area contributed by atoms with Gasteiger partial charge in [0.2, 0.25) is 12.6 Å². The second-order valence-corrected chi connectivity index (χ2v) is 7.36. The zero-order chi connectivity index (χ0) is 19.5. The lowest BCUT2D eigenvalue weighted by Gasteiger charge is -2.26. The second-order valence-electron chi connectivity index (χ2n) is 6.35. The van der Waals surface area contributed by atoms with Crippen molar-refractivity contribution in [3.63, 3.8) is 0 Å².